The molecule has 0 radical (unpaired) electrons. The fourth-order valence-corrected chi connectivity index (χ4v) is 1.04. The van der Waals surface area contributed by atoms with E-state index in [-0.39, 0.29) is 26.7 Å². The van der Waals surface area contributed by atoms with Crippen molar-refractivity contribution in [2.75, 3.05) is 13.2 Å². The summed E-state index contributed by atoms with van der Waals surface area (Å²) in [4.78, 5) is 0. The van der Waals surface area contributed by atoms with E-state index in [9.17, 15) is 16.8 Å². The third-order valence-electron chi connectivity index (χ3n) is 0.753. The smallest absolute Gasteiger partial charge is 1.00 e. The second kappa shape index (κ2) is 6.75. The Morgan fingerprint density at radius 3 is 1.43 bits per heavy atom. The van der Waals surface area contributed by atoms with E-state index >= 15 is 0 Å². The van der Waals surface area contributed by atoms with Crippen molar-refractivity contribution < 1.29 is 54.6 Å². The van der Waals surface area contributed by atoms with Gasteiger partial charge in [0, 0.05) is 0 Å². The van der Waals surface area contributed by atoms with Crippen molar-refractivity contribution in [3.05, 3.63) is 0 Å². The molecule has 11 heteroatoms. The Bertz CT molecular complexity index is 301. The Labute approximate surface area is 95.2 Å². The summed E-state index contributed by atoms with van der Waals surface area (Å²) < 4.78 is 63.3. The van der Waals surface area contributed by atoms with E-state index in [4.69, 9.17) is 9.11 Å². The van der Waals surface area contributed by atoms with E-state index in [0.29, 0.717) is 0 Å². The maximum atomic E-state index is 9.92. The summed E-state index contributed by atoms with van der Waals surface area (Å²) in [5.74, 6) is 0. The summed E-state index contributed by atoms with van der Waals surface area (Å²) in [6, 6.07) is 0. The van der Waals surface area contributed by atoms with Crippen LogP contribution in [0.5, 0.6) is 0 Å². The minimum Gasteiger partial charge on any atom is -1.00 e. The van der Waals surface area contributed by atoms with Crippen molar-refractivity contribution in [2.45, 2.75) is 6.42 Å². The predicted molar refractivity (Wildman–Crippen MR) is 40.7 cm³/mol. The van der Waals surface area contributed by atoms with Crippen molar-refractivity contribution in [3.8, 4) is 0 Å². The third-order valence-corrected chi connectivity index (χ3v) is 1.68. The van der Waals surface area contributed by atoms with Gasteiger partial charge in [-0.15, -0.1) is 0 Å². The van der Waals surface area contributed by atoms with Gasteiger partial charge in [-0.3, -0.25) is 9.11 Å². The molecular formula is C3H9LiO8S2. The van der Waals surface area contributed by atoms with Crippen LogP contribution in [0, 0.1) is 0 Å². The Morgan fingerprint density at radius 2 is 1.21 bits per heavy atom. The molecule has 0 aliphatic heterocycles. The zero-order chi connectivity index (χ0) is 10.5. The monoisotopic (exact) mass is 244 g/mol. The van der Waals surface area contributed by atoms with Crippen LogP contribution in [0.25, 0.3) is 0 Å². The van der Waals surface area contributed by atoms with Crippen LogP contribution in [0.3, 0.4) is 0 Å². The Kier molecular flexibility index (Phi) is 8.08. The van der Waals surface area contributed by atoms with Crippen LogP contribution < -0.4 is 18.9 Å². The summed E-state index contributed by atoms with van der Waals surface area (Å²) in [5.41, 5.74) is 0. The first-order chi connectivity index (χ1) is 5.71. The summed E-state index contributed by atoms with van der Waals surface area (Å²) >= 11 is 0. The van der Waals surface area contributed by atoms with Gasteiger partial charge in [0.1, 0.15) is 0 Å². The van der Waals surface area contributed by atoms with E-state index in [1.807, 2.05) is 0 Å². The van der Waals surface area contributed by atoms with Gasteiger partial charge in [0.2, 0.25) is 0 Å². The predicted octanol–water partition coefficient (Wildman–Crippen LogP) is -3.87. The molecule has 82 valence electrons. The Balaban J connectivity index is -0.000000720. The molecule has 0 bridgehead atoms. The zero-order valence-corrected chi connectivity index (χ0v) is 8.91. The van der Waals surface area contributed by atoms with E-state index in [2.05, 4.69) is 8.37 Å². The van der Waals surface area contributed by atoms with Gasteiger partial charge < -0.3 is 1.43 Å². The maximum absolute atomic E-state index is 9.92. The van der Waals surface area contributed by atoms with Gasteiger partial charge in [0.05, 0.1) is 13.2 Å². The molecule has 14 heavy (non-hydrogen) atoms. The molecule has 0 unspecified atom stereocenters. The summed E-state index contributed by atoms with van der Waals surface area (Å²) in [6.07, 6.45) is -0.112. The molecule has 8 nitrogen and oxygen atoms in total. The van der Waals surface area contributed by atoms with E-state index in [0.717, 1.165) is 0 Å². The van der Waals surface area contributed by atoms with Gasteiger partial charge in [0.15, 0.2) is 0 Å². The minimum absolute atomic E-state index is 0. The summed E-state index contributed by atoms with van der Waals surface area (Å²) in [7, 11) is -9.02. The number of rotatable bonds is 6. The third kappa shape index (κ3) is 14.8. The molecule has 0 atom stereocenters. The van der Waals surface area contributed by atoms with Crippen LogP contribution in [0.15, 0.2) is 0 Å². The standard InChI is InChI=1S/C3H8O8S2.Li.H/c4-12(5,6)10-2-1-3-11-13(7,8)9;;/h1-3H2,(H,4,5,6)(H,7,8,9);;/q;+1;-1. The van der Waals surface area contributed by atoms with Crippen LogP contribution in [0.1, 0.15) is 7.85 Å². The Morgan fingerprint density at radius 1 is 0.929 bits per heavy atom. The van der Waals surface area contributed by atoms with Crippen LogP contribution in [-0.4, -0.2) is 39.2 Å². The molecule has 0 aromatic rings. The van der Waals surface area contributed by atoms with Crippen molar-refractivity contribution >= 4 is 20.8 Å². The molecule has 0 aromatic heterocycles. The molecule has 0 aliphatic rings. The number of hydrogen-bond donors (Lipinski definition) is 2. The first kappa shape index (κ1) is 16.8. The molecular weight excluding hydrogens is 235 g/mol. The average Bonchev–Trinajstić information content (AvgIpc) is 1.81. The van der Waals surface area contributed by atoms with E-state index in [1.54, 1.807) is 0 Å². The molecule has 0 rings (SSSR count). The fraction of sp³-hybridized carbons (Fsp3) is 1.00. The summed E-state index contributed by atoms with van der Waals surface area (Å²) in [6.45, 7) is -0.872. The largest absolute Gasteiger partial charge is 1.00 e. The second-order valence-electron chi connectivity index (χ2n) is 1.85. The van der Waals surface area contributed by atoms with Crippen molar-refractivity contribution in [2.24, 2.45) is 0 Å². The van der Waals surface area contributed by atoms with E-state index in [1.165, 1.54) is 0 Å². The molecule has 0 fully saturated rings. The molecule has 0 saturated carbocycles. The SMILES string of the molecule is O=S(=O)(O)OCCCOS(=O)(=O)O.[H-].[Li+]. The van der Waals surface area contributed by atoms with Crippen LogP contribution in [0.2, 0.25) is 0 Å². The van der Waals surface area contributed by atoms with Gasteiger partial charge >= 0.3 is 39.7 Å². The average molecular weight is 244 g/mol. The quantitative estimate of drug-likeness (QED) is 0.276. The van der Waals surface area contributed by atoms with E-state index < -0.39 is 34.0 Å². The first-order valence-electron chi connectivity index (χ1n) is 2.94. The maximum Gasteiger partial charge on any atom is 1.00 e. The van der Waals surface area contributed by atoms with Crippen molar-refractivity contribution in [1.82, 2.24) is 0 Å². The molecule has 0 aromatic carbocycles. The normalized spacial score (nSPS) is 12.1. The molecule has 0 aliphatic carbocycles. The van der Waals surface area contributed by atoms with Crippen LogP contribution >= 0.6 is 0 Å². The Hall–Kier alpha value is 0.337. The molecule has 0 saturated heterocycles. The van der Waals surface area contributed by atoms with Crippen LogP contribution in [-0.2, 0) is 29.2 Å². The van der Waals surface area contributed by atoms with Gasteiger partial charge in [-0.05, 0) is 6.42 Å². The molecule has 2 N–H and O–H groups in total. The summed E-state index contributed by atoms with van der Waals surface area (Å²) in [5, 5.41) is 0. The number of hydrogen-bond acceptors (Lipinski definition) is 6. The fourth-order valence-electron chi connectivity index (χ4n) is 0.387. The van der Waals surface area contributed by atoms with Gasteiger partial charge in [-0.25, -0.2) is 8.37 Å². The first-order valence-corrected chi connectivity index (χ1v) is 5.67. The van der Waals surface area contributed by atoms with Gasteiger partial charge in [0.25, 0.3) is 0 Å². The molecule has 0 amide bonds. The molecule has 0 spiro atoms. The van der Waals surface area contributed by atoms with Crippen LogP contribution in [0.4, 0.5) is 0 Å². The topological polar surface area (TPSA) is 127 Å². The van der Waals surface area contributed by atoms with Crippen molar-refractivity contribution in [1.29, 1.82) is 0 Å². The molecule has 0 heterocycles. The zero-order valence-electron chi connectivity index (χ0n) is 8.28. The van der Waals surface area contributed by atoms with Gasteiger partial charge in [-0.2, -0.15) is 16.8 Å². The van der Waals surface area contributed by atoms with Gasteiger partial charge in [-0.1, -0.05) is 0 Å². The second-order valence-corrected chi connectivity index (χ2v) is 4.04. The minimum atomic E-state index is -4.51. The van der Waals surface area contributed by atoms with Crippen molar-refractivity contribution in [3.63, 3.8) is 0 Å².